The van der Waals surface area contributed by atoms with E-state index in [0.29, 0.717) is 30.1 Å². The van der Waals surface area contributed by atoms with Crippen molar-refractivity contribution < 1.29 is 14.6 Å². The van der Waals surface area contributed by atoms with Crippen LogP contribution in [0.5, 0.6) is 0 Å². The van der Waals surface area contributed by atoms with Gasteiger partial charge in [-0.15, -0.1) is 11.3 Å². The monoisotopic (exact) mass is 320 g/mol. The minimum atomic E-state index is -0.576. The third kappa shape index (κ3) is 4.37. The molecule has 0 saturated carbocycles. The molecule has 22 heavy (non-hydrogen) atoms. The zero-order valence-electron chi connectivity index (χ0n) is 12.7. The molecule has 2 N–H and O–H groups in total. The van der Waals surface area contributed by atoms with E-state index in [9.17, 15) is 9.90 Å². The van der Waals surface area contributed by atoms with E-state index in [-0.39, 0.29) is 5.91 Å². The molecular weight excluding hydrogens is 300 g/mol. The van der Waals surface area contributed by atoms with Crippen LogP contribution in [0.1, 0.15) is 38.5 Å². The number of aliphatic hydroxyl groups is 1. The van der Waals surface area contributed by atoms with Crippen LogP contribution in [0.2, 0.25) is 0 Å². The molecule has 0 radical (unpaired) electrons. The van der Waals surface area contributed by atoms with Crippen LogP contribution in [0.15, 0.2) is 30.3 Å². The Hall–Kier alpha value is -1.76. The molecule has 0 bridgehead atoms. The van der Waals surface area contributed by atoms with Crippen LogP contribution >= 0.6 is 11.3 Å². The van der Waals surface area contributed by atoms with Gasteiger partial charge in [-0.2, -0.15) is 0 Å². The number of aryl methyl sites for hydroxylation is 1. The lowest BCUT2D eigenvalue weighted by atomic mass is 10.1. The number of benzene rings is 1. The first kappa shape index (κ1) is 16.6. The second-order valence-electron chi connectivity index (χ2n) is 4.93. The van der Waals surface area contributed by atoms with E-state index in [1.165, 1.54) is 11.3 Å². The predicted molar refractivity (Wildman–Crippen MR) is 85.9 cm³/mol. The van der Waals surface area contributed by atoms with E-state index in [1.807, 2.05) is 37.3 Å². The molecule has 0 aliphatic rings. The Morgan fingerprint density at radius 1 is 1.41 bits per heavy atom. The van der Waals surface area contributed by atoms with Gasteiger partial charge in [-0.1, -0.05) is 30.3 Å². The maximum absolute atomic E-state index is 12.1. The molecular formula is C16H20N2O3S. The average molecular weight is 320 g/mol. The Labute approximate surface area is 134 Å². The van der Waals surface area contributed by atoms with Crippen molar-refractivity contribution >= 4 is 17.2 Å². The van der Waals surface area contributed by atoms with Gasteiger partial charge >= 0.3 is 0 Å². The number of aliphatic hydroxyl groups excluding tert-OH is 1. The Morgan fingerprint density at radius 3 is 2.82 bits per heavy atom. The van der Waals surface area contributed by atoms with Crippen molar-refractivity contribution in [1.82, 2.24) is 10.3 Å². The molecule has 5 nitrogen and oxygen atoms in total. The van der Waals surface area contributed by atoms with Gasteiger partial charge in [0, 0.05) is 13.7 Å². The lowest BCUT2D eigenvalue weighted by Crippen LogP contribution is -2.25. The van der Waals surface area contributed by atoms with Crippen molar-refractivity contribution in [1.29, 1.82) is 0 Å². The average Bonchev–Trinajstić information content (AvgIpc) is 2.89. The molecule has 0 spiro atoms. The van der Waals surface area contributed by atoms with Gasteiger partial charge in [0.15, 0.2) is 0 Å². The molecule has 0 fully saturated rings. The van der Waals surface area contributed by atoms with Crippen LogP contribution in [0, 0.1) is 6.92 Å². The summed E-state index contributed by atoms with van der Waals surface area (Å²) in [5.41, 5.74) is 1.56. The summed E-state index contributed by atoms with van der Waals surface area (Å²) in [7, 11) is 1.60. The number of hydrogen-bond donors (Lipinski definition) is 2. The highest BCUT2D eigenvalue weighted by Crippen LogP contribution is 2.19. The normalized spacial score (nSPS) is 12.1. The van der Waals surface area contributed by atoms with Crippen molar-refractivity contribution in [3.8, 4) is 0 Å². The molecule has 1 unspecified atom stereocenters. The van der Waals surface area contributed by atoms with E-state index in [1.54, 1.807) is 7.11 Å². The van der Waals surface area contributed by atoms with Crippen LogP contribution < -0.4 is 5.32 Å². The number of hydrogen-bond acceptors (Lipinski definition) is 5. The van der Waals surface area contributed by atoms with E-state index in [0.717, 1.165) is 10.6 Å². The number of thiazole rings is 1. The molecule has 1 aromatic carbocycles. The first-order valence-corrected chi connectivity index (χ1v) is 7.90. The molecule has 118 valence electrons. The van der Waals surface area contributed by atoms with E-state index in [2.05, 4.69) is 10.3 Å². The minimum absolute atomic E-state index is 0.155. The second-order valence-corrected chi connectivity index (χ2v) is 6.01. The number of amides is 1. The van der Waals surface area contributed by atoms with Gasteiger partial charge in [0.2, 0.25) is 0 Å². The van der Waals surface area contributed by atoms with E-state index in [4.69, 9.17) is 4.74 Å². The van der Waals surface area contributed by atoms with Crippen molar-refractivity contribution in [3.63, 3.8) is 0 Å². The molecule has 0 aliphatic carbocycles. The van der Waals surface area contributed by atoms with E-state index < -0.39 is 6.10 Å². The zero-order chi connectivity index (χ0) is 15.9. The quantitative estimate of drug-likeness (QED) is 0.822. The van der Waals surface area contributed by atoms with E-state index >= 15 is 0 Å². The summed E-state index contributed by atoms with van der Waals surface area (Å²) in [6.45, 7) is 2.63. The van der Waals surface area contributed by atoms with Crippen LogP contribution in [0.25, 0.3) is 0 Å². The highest BCUT2D eigenvalue weighted by molar-refractivity contribution is 7.13. The Balaban J connectivity index is 1.85. The largest absolute Gasteiger partial charge is 0.388 e. The molecule has 1 atom stereocenters. The van der Waals surface area contributed by atoms with Crippen molar-refractivity contribution in [3.05, 3.63) is 51.5 Å². The van der Waals surface area contributed by atoms with Crippen molar-refractivity contribution in [2.45, 2.75) is 26.1 Å². The summed E-state index contributed by atoms with van der Waals surface area (Å²) in [4.78, 5) is 17.0. The maximum atomic E-state index is 12.1. The number of ether oxygens (including phenoxy) is 1. The third-order valence-electron chi connectivity index (χ3n) is 3.20. The molecule has 2 rings (SSSR count). The SMILES string of the molecule is COCc1nc(C)c(C(=O)NCCC(O)c2ccccc2)s1. The molecule has 1 heterocycles. The molecule has 2 aromatic rings. The van der Waals surface area contributed by atoms with Crippen LogP contribution in [0.4, 0.5) is 0 Å². The zero-order valence-corrected chi connectivity index (χ0v) is 13.5. The highest BCUT2D eigenvalue weighted by Gasteiger charge is 2.15. The van der Waals surface area contributed by atoms with Gasteiger partial charge in [-0.3, -0.25) is 4.79 Å². The summed E-state index contributed by atoms with van der Waals surface area (Å²) >= 11 is 1.34. The highest BCUT2D eigenvalue weighted by atomic mass is 32.1. The predicted octanol–water partition coefficient (Wildman–Crippen LogP) is 2.45. The summed E-state index contributed by atoms with van der Waals surface area (Å²) < 4.78 is 5.02. The Kier molecular flexibility index (Phi) is 6.06. The number of nitrogens with zero attached hydrogens (tertiary/aromatic N) is 1. The fraction of sp³-hybridized carbons (Fsp3) is 0.375. The lowest BCUT2D eigenvalue weighted by Gasteiger charge is -2.11. The van der Waals surface area contributed by atoms with Gasteiger partial charge < -0.3 is 15.2 Å². The maximum Gasteiger partial charge on any atom is 0.263 e. The number of rotatable bonds is 7. The standard InChI is InChI=1S/C16H20N2O3S/c1-11-15(22-14(18-11)10-21-2)16(20)17-9-8-13(19)12-6-4-3-5-7-12/h3-7,13,19H,8-10H2,1-2H3,(H,17,20). The summed E-state index contributed by atoms with van der Waals surface area (Å²) in [5, 5.41) is 13.7. The number of nitrogens with one attached hydrogen (secondary N) is 1. The lowest BCUT2D eigenvalue weighted by molar-refractivity contribution is 0.0946. The first-order valence-electron chi connectivity index (χ1n) is 7.08. The molecule has 1 amide bonds. The summed E-state index contributed by atoms with van der Waals surface area (Å²) in [5.74, 6) is -0.155. The molecule has 6 heteroatoms. The van der Waals surface area contributed by atoms with Crippen LogP contribution in [-0.4, -0.2) is 29.7 Å². The Bertz CT molecular complexity index is 613. The van der Waals surface area contributed by atoms with Crippen LogP contribution in [0.3, 0.4) is 0 Å². The summed E-state index contributed by atoms with van der Waals surface area (Å²) in [6, 6.07) is 9.42. The Morgan fingerprint density at radius 2 is 2.14 bits per heavy atom. The van der Waals surface area contributed by atoms with Gasteiger partial charge in [-0.25, -0.2) is 4.98 Å². The van der Waals surface area contributed by atoms with Crippen LogP contribution in [-0.2, 0) is 11.3 Å². The summed E-state index contributed by atoms with van der Waals surface area (Å²) in [6.07, 6.45) is -0.105. The molecule has 1 aromatic heterocycles. The molecule has 0 aliphatic heterocycles. The van der Waals surface area contributed by atoms with Gasteiger partial charge in [0.05, 0.1) is 18.4 Å². The topological polar surface area (TPSA) is 71.5 Å². The third-order valence-corrected chi connectivity index (χ3v) is 4.33. The minimum Gasteiger partial charge on any atom is -0.388 e. The van der Waals surface area contributed by atoms with Gasteiger partial charge in [0.1, 0.15) is 9.88 Å². The smallest absolute Gasteiger partial charge is 0.263 e. The first-order chi connectivity index (χ1) is 10.6. The van der Waals surface area contributed by atoms with Gasteiger partial charge in [0.25, 0.3) is 5.91 Å². The van der Waals surface area contributed by atoms with Crippen molar-refractivity contribution in [2.75, 3.05) is 13.7 Å². The fourth-order valence-corrected chi connectivity index (χ4v) is 3.05. The van der Waals surface area contributed by atoms with Gasteiger partial charge in [-0.05, 0) is 18.9 Å². The van der Waals surface area contributed by atoms with Crippen molar-refractivity contribution in [2.24, 2.45) is 0 Å². The number of methoxy groups -OCH3 is 1. The number of carbonyl (C=O) groups is 1. The number of aromatic nitrogens is 1. The number of carbonyl (C=O) groups excluding carboxylic acids is 1. The fourth-order valence-electron chi connectivity index (χ4n) is 2.09. The second kappa shape index (κ2) is 8.03. The molecule has 0 saturated heterocycles.